The number of nitrogens with zero attached hydrogens (tertiary/aromatic N) is 1. The molecule has 1 heterocycles. The first kappa shape index (κ1) is 16.7. The predicted octanol–water partition coefficient (Wildman–Crippen LogP) is 0.906. The van der Waals surface area contributed by atoms with Crippen molar-refractivity contribution < 1.29 is 22.7 Å². The molecule has 0 saturated carbocycles. The van der Waals surface area contributed by atoms with Gasteiger partial charge >= 0.3 is 5.97 Å². The first-order valence-corrected chi connectivity index (χ1v) is 7.70. The summed E-state index contributed by atoms with van der Waals surface area (Å²) in [6.07, 6.45) is 1.58. The summed E-state index contributed by atoms with van der Waals surface area (Å²) in [5, 5.41) is 8.77. The molecule has 0 aromatic carbocycles. The number of hydrogen-bond acceptors (Lipinski definition) is 5. The average molecular weight is 304 g/mol. The summed E-state index contributed by atoms with van der Waals surface area (Å²) in [6, 6.07) is 1.03. The van der Waals surface area contributed by atoms with Crippen LogP contribution < -0.4 is 4.72 Å². The van der Waals surface area contributed by atoms with E-state index in [0.717, 1.165) is 19.0 Å². The monoisotopic (exact) mass is 304 g/mol. The number of nitrogens with one attached hydrogen (secondary N) is 1. The molecule has 0 bridgehead atoms. The SMILES string of the molecule is Cc1oc(C(=O)O)cc1S(=O)(=O)NCCCCN(C)C. The second-order valence-electron chi connectivity index (χ2n) is 4.74. The first-order valence-electron chi connectivity index (χ1n) is 6.22. The lowest BCUT2D eigenvalue weighted by atomic mass is 10.3. The second kappa shape index (κ2) is 6.87. The van der Waals surface area contributed by atoms with Crippen LogP contribution in [0.15, 0.2) is 15.4 Å². The van der Waals surface area contributed by atoms with E-state index in [9.17, 15) is 13.2 Å². The van der Waals surface area contributed by atoms with Crippen molar-refractivity contribution in [3.05, 3.63) is 17.6 Å². The molecule has 0 amide bonds. The minimum Gasteiger partial charge on any atom is -0.475 e. The van der Waals surface area contributed by atoms with Crippen molar-refractivity contribution in [2.24, 2.45) is 0 Å². The molecular formula is C12H20N2O5S. The van der Waals surface area contributed by atoms with E-state index in [1.54, 1.807) is 0 Å². The Kier molecular flexibility index (Phi) is 5.73. The van der Waals surface area contributed by atoms with Gasteiger partial charge in [0.15, 0.2) is 0 Å². The normalized spacial score (nSPS) is 12.0. The molecule has 0 saturated heterocycles. The van der Waals surface area contributed by atoms with Gasteiger partial charge in [-0.2, -0.15) is 0 Å². The van der Waals surface area contributed by atoms with Gasteiger partial charge in [-0.3, -0.25) is 0 Å². The van der Waals surface area contributed by atoms with Crippen LogP contribution in [0.1, 0.15) is 29.2 Å². The molecule has 8 heteroatoms. The number of carboxylic acid groups (broad SMARTS) is 1. The molecule has 114 valence electrons. The van der Waals surface area contributed by atoms with E-state index in [4.69, 9.17) is 9.52 Å². The molecule has 1 aromatic heterocycles. The Balaban J connectivity index is 2.63. The molecule has 0 radical (unpaired) electrons. The molecule has 1 aromatic rings. The maximum Gasteiger partial charge on any atom is 0.371 e. The Bertz CT molecular complexity index is 562. The summed E-state index contributed by atoms with van der Waals surface area (Å²) in [7, 11) is 0.177. The second-order valence-corrected chi connectivity index (χ2v) is 6.48. The summed E-state index contributed by atoms with van der Waals surface area (Å²) in [5.74, 6) is -1.60. The molecule has 2 N–H and O–H groups in total. The molecule has 1 rings (SSSR count). The van der Waals surface area contributed by atoms with Gasteiger partial charge in [0.25, 0.3) is 0 Å². The summed E-state index contributed by atoms with van der Waals surface area (Å²) < 4.78 is 31.4. The van der Waals surface area contributed by atoms with Crippen LogP contribution >= 0.6 is 0 Å². The van der Waals surface area contributed by atoms with E-state index in [1.807, 2.05) is 19.0 Å². The highest BCUT2D eigenvalue weighted by atomic mass is 32.2. The maximum atomic E-state index is 12.0. The van der Waals surface area contributed by atoms with E-state index in [1.165, 1.54) is 6.92 Å². The lowest BCUT2D eigenvalue weighted by Crippen LogP contribution is -2.25. The Morgan fingerprint density at radius 1 is 1.40 bits per heavy atom. The molecule has 0 spiro atoms. The third-order valence-electron chi connectivity index (χ3n) is 2.70. The van der Waals surface area contributed by atoms with Crippen LogP contribution in [0.5, 0.6) is 0 Å². The Morgan fingerprint density at radius 3 is 2.55 bits per heavy atom. The van der Waals surface area contributed by atoms with Crippen molar-refractivity contribution in [3.8, 4) is 0 Å². The standard InChI is InChI=1S/C12H20N2O5S/c1-9-11(8-10(19-9)12(15)16)20(17,18)13-6-4-5-7-14(2)3/h8,13H,4-7H2,1-3H3,(H,15,16). The molecule has 0 aliphatic heterocycles. The van der Waals surface area contributed by atoms with Gasteiger partial charge in [0.1, 0.15) is 10.7 Å². The third kappa shape index (κ3) is 4.62. The van der Waals surface area contributed by atoms with E-state index in [-0.39, 0.29) is 16.4 Å². The zero-order valence-electron chi connectivity index (χ0n) is 11.8. The largest absolute Gasteiger partial charge is 0.475 e. The summed E-state index contributed by atoms with van der Waals surface area (Å²) in [4.78, 5) is 12.6. The number of carboxylic acids is 1. The number of unbranched alkanes of at least 4 members (excludes halogenated alkanes) is 1. The number of rotatable bonds is 8. The number of aryl methyl sites for hydroxylation is 1. The van der Waals surface area contributed by atoms with Crippen LogP contribution in [-0.2, 0) is 10.0 Å². The van der Waals surface area contributed by atoms with Crippen molar-refractivity contribution in [2.45, 2.75) is 24.7 Å². The van der Waals surface area contributed by atoms with Crippen LogP contribution in [0.2, 0.25) is 0 Å². The number of sulfonamides is 1. The van der Waals surface area contributed by atoms with Crippen LogP contribution in [0.25, 0.3) is 0 Å². The van der Waals surface area contributed by atoms with Crippen LogP contribution in [0.4, 0.5) is 0 Å². The molecule has 0 atom stereocenters. The molecule has 0 aliphatic rings. The van der Waals surface area contributed by atoms with E-state index in [2.05, 4.69) is 4.72 Å². The molecule has 0 fully saturated rings. The molecule has 20 heavy (non-hydrogen) atoms. The average Bonchev–Trinajstić information content (AvgIpc) is 2.71. The van der Waals surface area contributed by atoms with Gasteiger partial charge in [0.2, 0.25) is 15.8 Å². The van der Waals surface area contributed by atoms with Gasteiger partial charge in [0, 0.05) is 12.6 Å². The van der Waals surface area contributed by atoms with Crippen LogP contribution in [-0.4, -0.2) is 51.6 Å². The molecular weight excluding hydrogens is 284 g/mol. The lowest BCUT2D eigenvalue weighted by Gasteiger charge is -2.09. The molecule has 7 nitrogen and oxygen atoms in total. The maximum absolute atomic E-state index is 12.0. The summed E-state index contributed by atoms with van der Waals surface area (Å²) >= 11 is 0. The summed E-state index contributed by atoms with van der Waals surface area (Å²) in [6.45, 7) is 2.62. The van der Waals surface area contributed by atoms with Crippen molar-refractivity contribution in [1.29, 1.82) is 0 Å². The van der Waals surface area contributed by atoms with Crippen molar-refractivity contribution >= 4 is 16.0 Å². The third-order valence-corrected chi connectivity index (χ3v) is 4.27. The van der Waals surface area contributed by atoms with E-state index >= 15 is 0 Å². The molecule has 0 aliphatic carbocycles. The van der Waals surface area contributed by atoms with Gasteiger partial charge in [-0.25, -0.2) is 17.9 Å². The topological polar surface area (TPSA) is 99.8 Å². The van der Waals surface area contributed by atoms with Crippen molar-refractivity contribution in [3.63, 3.8) is 0 Å². The lowest BCUT2D eigenvalue weighted by molar-refractivity contribution is 0.0661. The fourth-order valence-corrected chi connectivity index (χ4v) is 2.93. The van der Waals surface area contributed by atoms with Gasteiger partial charge in [0.05, 0.1) is 0 Å². The predicted molar refractivity (Wildman–Crippen MR) is 73.4 cm³/mol. The number of hydrogen-bond donors (Lipinski definition) is 2. The molecule has 0 unspecified atom stereocenters. The number of aromatic carboxylic acids is 1. The highest BCUT2D eigenvalue weighted by Crippen LogP contribution is 2.19. The van der Waals surface area contributed by atoms with E-state index < -0.39 is 16.0 Å². The number of furan rings is 1. The Hall–Kier alpha value is -1.38. The van der Waals surface area contributed by atoms with Crippen LogP contribution in [0.3, 0.4) is 0 Å². The van der Waals surface area contributed by atoms with Gasteiger partial charge in [-0.1, -0.05) is 0 Å². The highest BCUT2D eigenvalue weighted by Gasteiger charge is 2.23. The fraction of sp³-hybridized carbons (Fsp3) is 0.583. The minimum atomic E-state index is -3.73. The minimum absolute atomic E-state index is 0.0724. The van der Waals surface area contributed by atoms with Crippen molar-refractivity contribution in [1.82, 2.24) is 9.62 Å². The quantitative estimate of drug-likeness (QED) is 0.692. The first-order chi connectivity index (χ1) is 9.24. The highest BCUT2D eigenvalue weighted by molar-refractivity contribution is 7.89. The van der Waals surface area contributed by atoms with Crippen molar-refractivity contribution in [2.75, 3.05) is 27.2 Å². The van der Waals surface area contributed by atoms with Crippen LogP contribution in [0, 0.1) is 6.92 Å². The van der Waals surface area contributed by atoms with E-state index in [0.29, 0.717) is 13.0 Å². The smallest absolute Gasteiger partial charge is 0.371 e. The van der Waals surface area contributed by atoms with Gasteiger partial charge in [-0.15, -0.1) is 0 Å². The number of carbonyl (C=O) groups is 1. The fourth-order valence-electron chi connectivity index (χ4n) is 1.67. The Labute approximate surface area is 118 Å². The zero-order chi connectivity index (χ0) is 15.3. The van der Waals surface area contributed by atoms with Gasteiger partial charge < -0.3 is 14.4 Å². The Morgan fingerprint density at radius 2 is 2.05 bits per heavy atom. The van der Waals surface area contributed by atoms with Gasteiger partial charge in [-0.05, 0) is 40.4 Å². The summed E-state index contributed by atoms with van der Waals surface area (Å²) in [5.41, 5.74) is 0. The zero-order valence-corrected chi connectivity index (χ0v) is 12.7.